The van der Waals surface area contributed by atoms with Gasteiger partial charge in [0.15, 0.2) is 5.82 Å². The van der Waals surface area contributed by atoms with Gasteiger partial charge in [0, 0.05) is 15.5 Å². The SMILES string of the molecule is COc1ccc(-c2nc(C[S@@](=O)c3cccc(Cl)c3)no2)cc1. The molecular formula is C16H13ClN2O3S. The van der Waals surface area contributed by atoms with E-state index >= 15 is 0 Å². The molecule has 3 aromatic rings. The van der Waals surface area contributed by atoms with Crippen LogP contribution in [0.3, 0.4) is 0 Å². The summed E-state index contributed by atoms with van der Waals surface area (Å²) in [4.78, 5) is 4.91. The first-order valence-electron chi connectivity index (χ1n) is 6.76. The lowest BCUT2D eigenvalue weighted by molar-refractivity contribution is 0.414. The molecule has 0 aliphatic heterocycles. The van der Waals surface area contributed by atoms with Crippen LogP contribution in [0.1, 0.15) is 5.82 Å². The van der Waals surface area contributed by atoms with Crippen molar-refractivity contribution in [2.45, 2.75) is 10.6 Å². The molecule has 1 atom stereocenters. The summed E-state index contributed by atoms with van der Waals surface area (Å²) in [5.41, 5.74) is 0.776. The average Bonchev–Trinajstić information content (AvgIpc) is 3.03. The van der Waals surface area contributed by atoms with Crippen LogP contribution in [0.25, 0.3) is 11.5 Å². The predicted molar refractivity (Wildman–Crippen MR) is 87.9 cm³/mol. The van der Waals surface area contributed by atoms with Crippen LogP contribution in [0.2, 0.25) is 5.02 Å². The first-order valence-corrected chi connectivity index (χ1v) is 8.46. The molecule has 118 valence electrons. The maximum absolute atomic E-state index is 12.3. The van der Waals surface area contributed by atoms with Gasteiger partial charge in [-0.3, -0.25) is 4.21 Å². The Hall–Kier alpha value is -2.18. The third kappa shape index (κ3) is 3.78. The van der Waals surface area contributed by atoms with Crippen LogP contribution in [0.15, 0.2) is 57.9 Å². The van der Waals surface area contributed by atoms with Crippen molar-refractivity contribution in [2.24, 2.45) is 0 Å². The standard InChI is InChI=1S/C16H13ClN2O3S/c1-21-13-7-5-11(6-8-13)16-18-15(19-22-16)10-23(20)14-4-2-3-12(17)9-14/h2-9H,10H2,1H3/t23-/m1/s1. The molecule has 0 amide bonds. The normalized spacial score (nSPS) is 12.1. The van der Waals surface area contributed by atoms with Gasteiger partial charge in [0.05, 0.1) is 23.7 Å². The molecule has 0 saturated carbocycles. The number of halogens is 1. The fourth-order valence-corrected chi connectivity index (χ4v) is 3.23. The quantitative estimate of drug-likeness (QED) is 0.703. The fraction of sp³-hybridized carbons (Fsp3) is 0.125. The third-order valence-corrected chi connectivity index (χ3v) is 4.66. The van der Waals surface area contributed by atoms with Crippen LogP contribution in [-0.4, -0.2) is 21.5 Å². The van der Waals surface area contributed by atoms with Gasteiger partial charge in [-0.15, -0.1) is 0 Å². The van der Waals surface area contributed by atoms with E-state index in [0.29, 0.717) is 21.6 Å². The second-order valence-corrected chi connectivity index (χ2v) is 6.58. The van der Waals surface area contributed by atoms with E-state index in [0.717, 1.165) is 11.3 Å². The first kappa shape index (κ1) is 15.7. The highest BCUT2D eigenvalue weighted by Gasteiger charge is 2.13. The van der Waals surface area contributed by atoms with Crippen molar-refractivity contribution < 1.29 is 13.5 Å². The molecule has 0 N–H and O–H groups in total. The summed E-state index contributed by atoms with van der Waals surface area (Å²) in [7, 11) is 0.320. The third-order valence-electron chi connectivity index (χ3n) is 3.12. The largest absolute Gasteiger partial charge is 0.497 e. The van der Waals surface area contributed by atoms with Crippen molar-refractivity contribution in [1.29, 1.82) is 0 Å². The molecule has 0 fully saturated rings. The van der Waals surface area contributed by atoms with E-state index in [1.807, 2.05) is 24.3 Å². The zero-order chi connectivity index (χ0) is 16.2. The number of methoxy groups -OCH3 is 1. The van der Waals surface area contributed by atoms with Crippen LogP contribution in [0, 0.1) is 0 Å². The molecule has 5 nitrogen and oxygen atoms in total. The summed E-state index contributed by atoms with van der Waals surface area (Å²) in [6.45, 7) is 0. The molecule has 3 rings (SSSR count). The number of aromatic nitrogens is 2. The maximum atomic E-state index is 12.3. The molecule has 1 aromatic heterocycles. The number of hydrogen-bond acceptors (Lipinski definition) is 5. The lowest BCUT2D eigenvalue weighted by Gasteiger charge is -1.99. The van der Waals surface area contributed by atoms with Crippen molar-refractivity contribution in [2.75, 3.05) is 7.11 Å². The van der Waals surface area contributed by atoms with Gasteiger partial charge in [-0.2, -0.15) is 4.98 Å². The highest BCUT2D eigenvalue weighted by atomic mass is 35.5. The Bertz CT molecular complexity index is 833. The molecule has 0 spiro atoms. The minimum absolute atomic E-state index is 0.167. The van der Waals surface area contributed by atoms with E-state index in [4.69, 9.17) is 20.9 Å². The van der Waals surface area contributed by atoms with E-state index < -0.39 is 10.8 Å². The minimum Gasteiger partial charge on any atom is -0.497 e. The minimum atomic E-state index is -1.28. The fourth-order valence-electron chi connectivity index (χ4n) is 1.97. The molecule has 0 unspecified atom stereocenters. The molecule has 7 heteroatoms. The monoisotopic (exact) mass is 348 g/mol. The Morgan fingerprint density at radius 3 is 2.70 bits per heavy atom. The van der Waals surface area contributed by atoms with Crippen LogP contribution in [0.4, 0.5) is 0 Å². The van der Waals surface area contributed by atoms with Gasteiger partial charge in [-0.1, -0.05) is 22.8 Å². The van der Waals surface area contributed by atoms with E-state index in [2.05, 4.69) is 10.1 Å². The number of ether oxygens (including phenoxy) is 1. The molecule has 0 aliphatic rings. The zero-order valence-corrected chi connectivity index (χ0v) is 13.8. The summed E-state index contributed by atoms with van der Waals surface area (Å²) in [5, 5.41) is 4.42. The second kappa shape index (κ2) is 6.93. The molecule has 23 heavy (non-hydrogen) atoms. The van der Waals surface area contributed by atoms with Gasteiger partial charge in [0.1, 0.15) is 5.75 Å². The Morgan fingerprint density at radius 1 is 1.22 bits per heavy atom. The number of nitrogens with zero attached hydrogens (tertiary/aromatic N) is 2. The van der Waals surface area contributed by atoms with Crippen LogP contribution in [0.5, 0.6) is 5.75 Å². The molecule has 0 bridgehead atoms. The van der Waals surface area contributed by atoms with Crippen molar-refractivity contribution in [3.63, 3.8) is 0 Å². The highest BCUT2D eigenvalue weighted by Crippen LogP contribution is 2.22. The molecule has 0 radical (unpaired) electrons. The van der Waals surface area contributed by atoms with Gasteiger partial charge >= 0.3 is 0 Å². The van der Waals surface area contributed by atoms with Crippen molar-refractivity contribution >= 4 is 22.4 Å². The van der Waals surface area contributed by atoms with Gasteiger partial charge in [-0.25, -0.2) is 0 Å². The summed E-state index contributed by atoms with van der Waals surface area (Å²) in [6, 6.07) is 14.2. The smallest absolute Gasteiger partial charge is 0.257 e. The van der Waals surface area contributed by atoms with E-state index in [9.17, 15) is 4.21 Å². The van der Waals surface area contributed by atoms with E-state index in [1.54, 1.807) is 31.4 Å². The van der Waals surface area contributed by atoms with Crippen molar-refractivity contribution in [3.8, 4) is 17.2 Å². The number of hydrogen-bond donors (Lipinski definition) is 0. The summed E-state index contributed by atoms with van der Waals surface area (Å²) < 4.78 is 22.6. The van der Waals surface area contributed by atoms with Crippen LogP contribution >= 0.6 is 11.6 Å². The second-order valence-electron chi connectivity index (χ2n) is 4.69. The highest BCUT2D eigenvalue weighted by molar-refractivity contribution is 7.84. The molecule has 2 aromatic carbocycles. The maximum Gasteiger partial charge on any atom is 0.257 e. The van der Waals surface area contributed by atoms with Gasteiger partial charge < -0.3 is 9.26 Å². The van der Waals surface area contributed by atoms with Crippen LogP contribution in [-0.2, 0) is 16.6 Å². The summed E-state index contributed by atoms with van der Waals surface area (Å²) in [5.74, 6) is 1.68. The summed E-state index contributed by atoms with van der Waals surface area (Å²) in [6.07, 6.45) is 0. The zero-order valence-electron chi connectivity index (χ0n) is 12.2. The van der Waals surface area contributed by atoms with Gasteiger partial charge in [0.2, 0.25) is 0 Å². The Labute approximate surface area is 140 Å². The van der Waals surface area contributed by atoms with Gasteiger partial charge in [-0.05, 0) is 42.5 Å². The Balaban J connectivity index is 1.75. The molecule has 0 aliphatic carbocycles. The first-order chi connectivity index (χ1) is 11.2. The van der Waals surface area contributed by atoms with E-state index in [-0.39, 0.29) is 5.75 Å². The molecule has 0 saturated heterocycles. The topological polar surface area (TPSA) is 65.2 Å². The average molecular weight is 349 g/mol. The number of benzene rings is 2. The summed E-state index contributed by atoms with van der Waals surface area (Å²) >= 11 is 5.91. The number of rotatable bonds is 5. The van der Waals surface area contributed by atoms with Gasteiger partial charge in [0.25, 0.3) is 5.89 Å². The van der Waals surface area contributed by atoms with E-state index in [1.165, 1.54) is 0 Å². The lowest BCUT2D eigenvalue weighted by Crippen LogP contribution is -1.98. The Morgan fingerprint density at radius 2 is 2.00 bits per heavy atom. The Kier molecular flexibility index (Phi) is 4.73. The predicted octanol–water partition coefficient (Wildman–Crippen LogP) is 3.71. The van der Waals surface area contributed by atoms with Crippen molar-refractivity contribution in [1.82, 2.24) is 10.1 Å². The van der Waals surface area contributed by atoms with Crippen LogP contribution < -0.4 is 4.74 Å². The van der Waals surface area contributed by atoms with Crippen molar-refractivity contribution in [3.05, 3.63) is 59.4 Å². The molecular weight excluding hydrogens is 336 g/mol. The molecule has 1 heterocycles. The lowest BCUT2D eigenvalue weighted by atomic mass is 10.2.